The molecule has 0 spiro atoms. The molecule has 0 bridgehead atoms. The summed E-state index contributed by atoms with van der Waals surface area (Å²) in [6.45, 7) is 4.46. The van der Waals surface area contributed by atoms with Crippen LogP contribution in [0.4, 0.5) is 0 Å². The average Bonchev–Trinajstić information content (AvgIpc) is 3.00. The SMILES string of the molecule is O=C(C1CCN(Cc2nnnn2-c2ccccc2)CC1)N1CCCCCC1. The summed E-state index contributed by atoms with van der Waals surface area (Å²) in [7, 11) is 0. The number of hydrogen-bond acceptors (Lipinski definition) is 5. The van der Waals surface area contributed by atoms with Crippen LogP contribution in [-0.4, -0.2) is 62.1 Å². The van der Waals surface area contributed by atoms with Crippen molar-refractivity contribution < 1.29 is 4.79 Å². The van der Waals surface area contributed by atoms with E-state index in [4.69, 9.17) is 0 Å². The van der Waals surface area contributed by atoms with E-state index in [0.29, 0.717) is 12.5 Å². The number of tetrazole rings is 1. The highest BCUT2D eigenvalue weighted by Gasteiger charge is 2.29. The van der Waals surface area contributed by atoms with E-state index in [-0.39, 0.29) is 5.92 Å². The number of amides is 1. The maximum Gasteiger partial charge on any atom is 0.225 e. The van der Waals surface area contributed by atoms with Crippen molar-refractivity contribution in [3.8, 4) is 5.69 Å². The third-order valence-electron chi connectivity index (χ3n) is 5.75. The van der Waals surface area contributed by atoms with Crippen molar-refractivity contribution in [2.45, 2.75) is 45.1 Å². The molecule has 0 N–H and O–H groups in total. The minimum absolute atomic E-state index is 0.185. The highest BCUT2D eigenvalue weighted by atomic mass is 16.2. The molecule has 0 saturated carbocycles. The van der Waals surface area contributed by atoms with Gasteiger partial charge >= 0.3 is 0 Å². The summed E-state index contributed by atoms with van der Waals surface area (Å²) in [4.78, 5) is 17.3. The van der Waals surface area contributed by atoms with Crippen LogP contribution in [0.3, 0.4) is 0 Å². The monoisotopic (exact) mass is 368 g/mol. The second-order valence-corrected chi connectivity index (χ2v) is 7.63. The molecular weight excluding hydrogens is 340 g/mol. The van der Waals surface area contributed by atoms with Crippen molar-refractivity contribution in [3.05, 3.63) is 36.2 Å². The van der Waals surface area contributed by atoms with Gasteiger partial charge in [0.05, 0.1) is 12.2 Å². The van der Waals surface area contributed by atoms with E-state index in [1.54, 1.807) is 4.68 Å². The molecule has 7 nitrogen and oxygen atoms in total. The van der Waals surface area contributed by atoms with Gasteiger partial charge in [0.25, 0.3) is 0 Å². The molecule has 4 rings (SSSR count). The Kier molecular flexibility index (Phi) is 5.77. The Bertz CT molecular complexity index is 730. The standard InChI is InChI=1S/C20H28N6O/c27-20(25-12-6-1-2-7-13-25)17-10-14-24(15-11-17)16-19-21-22-23-26(19)18-8-4-3-5-9-18/h3-5,8-9,17H,1-2,6-7,10-16H2. The van der Waals surface area contributed by atoms with E-state index in [9.17, 15) is 4.79 Å². The van der Waals surface area contributed by atoms with Gasteiger partial charge in [0.2, 0.25) is 5.91 Å². The first-order valence-electron chi connectivity index (χ1n) is 10.1. The first-order valence-corrected chi connectivity index (χ1v) is 10.1. The molecule has 0 aliphatic carbocycles. The predicted molar refractivity (Wildman–Crippen MR) is 102 cm³/mol. The predicted octanol–water partition coefficient (Wildman–Crippen LogP) is 2.28. The summed E-state index contributed by atoms with van der Waals surface area (Å²) in [5.74, 6) is 1.41. The number of hydrogen-bond donors (Lipinski definition) is 0. The molecule has 7 heteroatoms. The van der Waals surface area contributed by atoms with Gasteiger partial charge in [-0.1, -0.05) is 31.0 Å². The fraction of sp³-hybridized carbons (Fsp3) is 0.600. The van der Waals surface area contributed by atoms with Gasteiger partial charge in [0.15, 0.2) is 5.82 Å². The number of likely N-dealkylation sites (tertiary alicyclic amines) is 2. The van der Waals surface area contributed by atoms with E-state index in [2.05, 4.69) is 25.3 Å². The summed E-state index contributed by atoms with van der Waals surface area (Å²) < 4.78 is 1.80. The highest BCUT2D eigenvalue weighted by molar-refractivity contribution is 5.79. The van der Waals surface area contributed by atoms with Gasteiger partial charge in [-0.05, 0) is 61.3 Å². The van der Waals surface area contributed by atoms with Crippen LogP contribution in [0.5, 0.6) is 0 Å². The molecule has 1 aromatic heterocycles. The van der Waals surface area contributed by atoms with Crippen LogP contribution < -0.4 is 0 Å². The number of piperidine rings is 1. The Labute approximate surface area is 160 Å². The van der Waals surface area contributed by atoms with Crippen LogP contribution in [-0.2, 0) is 11.3 Å². The Morgan fingerprint density at radius 1 is 0.963 bits per heavy atom. The molecule has 144 valence electrons. The second kappa shape index (κ2) is 8.61. The molecule has 2 fully saturated rings. The van der Waals surface area contributed by atoms with Crippen molar-refractivity contribution in [1.29, 1.82) is 0 Å². The van der Waals surface area contributed by atoms with Crippen molar-refractivity contribution in [2.75, 3.05) is 26.2 Å². The molecule has 0 unspecified atom stereocenters. The van der Waals surface area contributed by atoms with Gasteiger partial charge in [-0.2, -0.15) is 4.68 Å². The van der Waals surface area contributed by atoms with Crippen LogP contribution in [0.2, 0.25) is 0 Å². The molecule has 0 radical (unpaired) electrons. The molecule has 2 aliphatic heterocycles. The summed E-state index contributed by atoms with van der Waals surface area (Å²) in [6, 6.07) is 9.97. The van der Waals surface area contributed by atoms with Crippen LogP contribution >= 0.6 is 0 Å². The summed E-state index contributed by atoms with van der Waals surface area (Å²) in [6.07, 6.45) is 6.71. The zero-order chi connectivity index (χ0) is 18.5. The van der Waals surface area contributed by atoms with E-state index in [1.165, 1.54) is 12.8 Å². The molecule has 2 saturated heterocycles. The van der Waals surface area contributed by atoms with Gasteiger partial charge in [-0.3, -0.25) is 9.69 Å². The Morgan fingerprint density at radius 2 is 1.67 bits per heavy atom. The molecule has 2 aromatic rings. The van der Waals surface area contributed by atoms with Crippen molar-refractivity contribution in [1.82, 2.24) is 30.0 Å². The van der Waals surface area contributed by atoms with Crippen LogP contribution in [0, 0.1) is 5.92 Å². The lowest BCUT2D eigenvalue weighted by Gasteiger charge is -2.33. The molecule has 1 amide bonds. The summed E-state index contributed by atoms with van der Waals surface area (Å²) in [5, 5.41) is 12.2. The normalized spacial score (nSPS) is 19.8. The van der Waals surface area contributed by atoms with E-state index < -0.39 is 0 Å². The van der Waals surface area contributed by atoms with Gasteiger partial charge in [0, 0.05) is 19.0 Å². The minimum atomic E-state index is 0.185. The van der Waals surface area contributed by atoms with Crippen LogP contribution in [0.1, 0.15) is 44.3 Å². The first-order chi connectivity index (χ1) is 13.3. The molecular formula is C20H28N6O. The lowest BCUT2D eigenvalue weighted by molar-refractivity contribution is -0.137. The first kappa shape index (κ1) is 18.1. The van der Waals surface area contributed by atoms with E-state index >= 15 is 0 Å². The lowest BCUT2D eigenvalue weighted by atomic mass is 9.95. The van der Waals surface area contributed by atoms with Crippen molar-refractivity contribution >= 4 is 5.91 Å². The van der Waals surface area contributed by atoms with Gasteiger partial charge in [-0.25, -0.2) is 0 Å². The number of benzene rings is 1. The number of carbonyl (C=O) groups is 1. The van der Waals surface area contributed by atoms with Gasteiger partial charge in [0.1, 0.15) is 0 Å². The topological polar surface area (TPSA) is 67.2 Å². The molecule has 3 heterocycles. The fourth-order valence-corrected chi connectivity index (χ4v) is 4.16. The van der Waals surface area contributed by atoms with Crippen molar-refractivity contribution in [3.63, 3.8) is 0 Å². The Morgan fingerprint density at radius 3 is 2.37 bits per heavy atom. The third kappa shape index (κ3) is 4.35. The second-order valence-electron chi connectivity index (χ2n) is 7.63. The third-order valence-corrected chi connectivity index (χ3v) is 5.75. The smallest absolute Gasteiger partial charge is 0.225 e. The van der Waals surface area contributed by atoms with Gasteiger partial charge < -0.3 is 4.90 Å². The number of aromatic nitrogens is 4. The maximum absolute atomic E-state index is 12.8. The number of carbonyl (C=O) groups excluding carboxylic acids is 1. The summed E-state index contributed by atoms with van der Waals surface area (Å²) >= 11 is 0. The number of nitrogens with zero attached hydrogens (tertiary/aromatic N) is 6. The average molecular weight is 368 g/mol. The largest absolute Gasteiger partial charge is 0.342 e. The highest BCUT2D eigenvalue weighted by Crippen LogP contribution is 2.23. The summed E-state index contributed by atoms with van der Waals surface area (Å²) in [5.41, 5.74) is 0.976. The minimum Gasteiger partial charge on any atom is -0.342 e. The van der Waals surface area contributed by atoms with Gasteiger partial charge in [-0.15, -0.1) is 5.10 Å². The zero-order valence-electron chi connectivity index (χ0n) is 15.8. The van der Waals surface area contributed by atoms with E-state index in [0.717, 1.165) is 63.4 Å². The molecule has 2 aliphatic rings. The van der Waals surface area contributed by atoms with Crippen LogP contribution in [0.15, 0.2) is 30.3 Å². The maximum atomic E-state index is 12.8. The van der Waals surface area contributed by atoms with E-state index in [1.807, 2.05) is 30.3 Å². The molecule has 27 heavy (non-hydrogen) atoms. The fourth-order valence-electron chi connectivity index (χ4n) is 4.16. The Balaban J connectivity index is 1.33. The quantitative estimate of drug-likeness (QED) is 0.828. The van der Waals surface area contributed by atoms with Crippen LogP contribution in [0.25, 0.3) is 5.69 Å². The zero-order valence-corrected chi connectivity index (χ0v) is 15.8. The number of rotatable bonds is 4. The Hall–Kier alpha value is -2.28. The molecule has 1 aromatic carbocycles. The molecule has 0 atom stereocenters. The number of para-hydroxylation sites is 1. The van der Waals surface area contributed by atoms with Crippen molar-refractivity contribution in [2.24, 2.45) is 5.92 Å². The lowest BCUT2D eigenvalue weighted by Crippen LogP contribution is -2.43.